The number of hydrogen-bond acceptors (Lipinski definition) is 4. The second-order valence-electron chi connectivity index (χ2n) is 4.45. The second-order valence-corrected chi connectivity index (χ2v) is 4.45. The van der Waals surface area contributed by atoms with Crippen molar-refractivity contribution in [1.82, 2.24) is 9.97 Å². The molecule has 0 radical (unpaired) electrons. The van der Waals surface area contributed by atoms with Crippen molar-refractivity contribution >= 4 is 22.7 Å². The molecular formula is C13H14FN3O2. The molecule has 0 bridgehead atoms. The molecule has 0 spiro atoms. The summed E-state index contributed by atoms with van der Waals surface area (Å²) in [5, 5.41) is 9.49. The minimum absolute atomic E-state index is 0.238. The zero-order valence-corrected chi connectivity index (χ0v) is 10.7. The van der Waals surface area contributed by atoms with Crippen LogP contribution in [0.1, 0.15) is 6.92 Å². The smallest absolute Gasteiger partial charge is 0.308 e. The molecule has 1 aromatic heterocycles. The highest BCUT2D eigenvalue weighted by Crippen LogP contribution is 2.24. The zero-order valence-electron chi connectivity index (χ0n) is 10.7. The van der Waals surface area contributed by atoms with Crippen LogP contribution in [-0.2, 0) is 4.79 Å². The average Bonchev–Trinajstić information content (AvgIpc) is 2.38. The van der Waals surface area contributed by atoms with Crippen molar-refractivity contribution in [2.24, 2.45) is 5.92 Å². The van der Waals surface area contributed by atoms with Crippen LogP contribution in [0.25, 0.3) is 10.9 Å². The van der Waals surface area contributed by atoms with Gasteiger partial charge in [0.2, 0.25) is 0 Å². The number of para-hydroxylation sites is 1. The van der Waals surface area contributed by atoms with E-state index in [0.717, 1.165) is 0 Å². The van der Waals surface area contributed by atoms with Gasteiger partial charge in [0.1, 0.15) is 23.5 Å². The van der Waals surface area contributed by atoms with E-state index in [9.17, 15) is 9.18 Å². The van der Waals surface area contributed by atoms with Gasteiger partial charge in [0.25, 0.3) is 0 Å². The van der Waals surface area contributed by atoms with Crippen molar-refractivity contribution in [2.75, 3.05) is 18.5 Å². The average molecular weight is 263 g/mol. The van der Waals surface area contributed by atoms with E-state index in [0.29, 0.717) is 11.2 Å². The number of carbonyl (C=O) groups is 1. The molecule has 100 valence electrons. The van der Waals surface area contributed by atoms with Gasteiger partial charge in [-0.3, -0.25) is 4.79 Å². The Hall–Kier alpha value is -2.24. The summed E-state index contributed by atoms with van der Waals surface area (Å²) in [5.41, 5.74) is 0.238. The first-order valence-electron chi connectivity index (χ1n) is 5.84. The number of aromatic nitrogens is 2. The van der Waals surface area contributed by atoms with Crippen LogP contribution in [0.15, 0.2) is 24.5 Å². The Kier molecular flexibility index (Phi) is 3.59. The van der Waals surface area contributed by atoms with Crippen molar-refractivity contribution in [3.8, 4) is 0 Å². The van der Waals surface area contributed by atoms with Gasteiger partial charge >= 0.3 is 5.97 Å². The summed E-state index contributed by atoms with van der Waals surface area (Å²) in [4.78, 5) is 20.6. The van der Waals surface area contributed by atoms with Gasteiger partial charge in [0.15, 0.2) is 0 Å². The van der Waals surface area contributed by atoms with E-state index in [2.05, 4.69) is 9.97 Å². The Morgan fingerprint density at radius 1 is 1.47 bits per heavy atom. The molecule has 1 aromatic carbocycles. The highest BCUT2D eigenvalue weighted by Gasteiger charge is 2.17. The number of carboxylic acids is 1. The van der Waals surface area contributed by atoms with Crippen molar-refractivity contribution in [3.05, 3.63) is 30.3 Å². The number of fused-ring (bicyclic) bond motifs is 1. The Morgan fingerprint density at radius 2 is 2.21 bits per heavy atom. The largest absolute Gasteiger partial charge is 0.481 e. The van der Waals surface area contributed by atoms with Crippen LogP contribution in [0.2, 0.25) is 0 Å². The Morgan fingerprint density at radius 3 is 2.89 bits per heavy atom. The molecule has 1 unspecified atom stereocenters. The first kappa shape index (κ1) is 13.2. The molecule has 0 saturated heterocycles. The van der Waals surface area contributed by atoms with Crippen LogP contribution in [0.5, 0.6) is 0 Å². The fourth-order valence-electron chi connectivity index (χ4n) is 1.92. The molecule has 0 fully saturated rings. The molecule has 5 nitrogen and oxygen atoms in total. The van der Waals surface area contributed by atoms with E-state index in [-0.39, 0.29) is 12.1 Å². The van der Waals surface area contributed by atoms with Crippen molar-refractivity contribution in [3.63, 3.8) is 0 Å². The lowest BCUT2D eigenvalue weighted by Gasteiger charge is -2.21. The lowest BCUT2D eigenvalue weighted by Crippen LogP contribution is -2.29. The summed E-state index contributed by atoms with van der Waals surface area (Å²) >= 11 is 0. The number of nitrogens with zero attached hydrogens (tertiary/aromatic N) is 3. The SMILES string of the molecule is CC(CN(C)c1ncnc2c(F)cccc12)C(=O)O. The molecule has 2 rings (SSSR count). The molecular weight excluding hydrogens is 249 g/mol. The van der Waals surface area contributed by atoms with Crippen LogP contribution in [0, 0.1) is 11.7 Å². The summed E-state index contributed by atoms with van der Waals surface area (Å²) in [6.07, 6.45) is 1.28. The number of aliphatic carboxylic acids is 1. The lowest BCUT2D eigenvalue weighted by molar-refractivity contribution is -0.140. The molecule has 1 N–H and O–H groups in total. The lowest BCUT2D eigenvalue weighted by atomic mass is 10.1. The highest BCUT2D eigenvalue weighted by atomic mass is 19.1. The summed E-state index contributed by atoms with van der Waals surface area (Å²) in [6, 6.07) is 4.63. The number of benzene rings is 1. The maximum atomic E-state index is 13.6. The molecule has 1 heterocycles. The van der Waals surface area contributed by atoms with Crippen LogP contribution in [0.4, 0.5) is 10.2 Å². The molecule has 19 heavy (non-hydrogen) atoms. The Bertz CT molecular complexity index is 618. The normalized spacial score (nSPS) is 12.4. The third-order valence-electron chi connectivity index (χ3n) is 2.93. The molecule has 0 aliphatic heterocycles. The highest BCUT2D eigenvalue weighted by molar-refractivity contribution is 5.89. The molecule has 1 atom stereocenters. The predicted molar refractivity (Wildman–Crippen MR) is 69.6 cm³/mol. The number of hydrogen-bond donors (Lipinski definition) is 1. The van der Waals surface area contributed by atoms with Gasteiger partial charge in [0.05, 0.1) is 5.92 Å². The molecule has 0 aliphatic rings. The van der Waals surface area contributed by atoms with Crippen LogP contribution < -0.4 is 4.90 Å². The monoisotopic (exact) mass is 263 g/mol. The van der Waals surface area contributed by atoms with Gasteiger partial charge in [-0.25, -0.2) is 14.4 Å². The van der Waals surface area contributed by atoms with Gasteiger partial charge in [-0.15, -0.1) is 0 Å². The van der Waals surface area contributed by atoms with Gasteiger partial charge < -0.3 is 10.0 Å². The maximum Gasteiger partial charge on any atom is 0.308 e. The third-order valence-corrected chi connectivity index (χ3v) is 2.93. The minimum atomic E-state index is -0.878. The fourth-order valence-corrected chi connectivity index (χ4v) is 1.92. The van der Waals surface area contributed by atoms with Gasteiger partial charge in [-0.2, -0.15) is 0 Å². The van der Waals surface area contributed by atoms with Crippen molar-refractivity contribution in [2.45, 2.75) is 6.92 Å². The van der Waals surface area contributed by atoms with E-state index in [1.807, 2.05) is 0 Å². The van der Waals surface area contributed by atoms with E-state index < -0.39 is 17.7 Å². The minimum Gasteiger partial charge on any atom is -0.481 e. The van der Waals surface area contributed by atoms with Crippen molar-refractivity contribution < 1.29 is 14.3 Å². The molecule has 2 aromatic rings. The zero-order chi connectivity index (χ0) is 14.0. The summed E-state index contributed by atoms with van der Waals surface area (Å²) < 4.78 is 13.6. The van der Waals surface area contributed by atoms with E-state index in [4.69, 9.17) is 5.11 Å². The molecule has 0 aliphatic carbocycles. The van der Waals surface area contributed by atoms with E-state index >= 15 is 0 Å². The second kappa shape index (κ2) is 5.17. The Balaban J connectivity index is 2.40. The quantitative estimate of drug-likeness (QED) is 0.913. The van der Waals surface area contributed by atoms with Gasteiger partial charge in [-0.05, 0) is 12.1 Å². The van der Waals surface area contributed by atoms with Crippen LogP contribution >= 0.6 is 0 Å². The van der Waals surface area contributed by atoms with Gasteiger partial charge in [-0.1, -0.05) is 13.0 Å². The van der Waals surface area contributed by atoms with Crippen LogP contribution in [0.3, 0.4) is 0 Å². The van der Waals surface area contributed by atoms with Crippen LogP contribution in [-0.4, -0.2) is 34.6 Å². The number of anilines is 1. The van der Waals surface area contributed by atoms with E-state index in [1.165, 1.54) is 12.4 Å². The maximum absolute atomic E-state index is 13.6. The molecule has 0 amide bonds. The predicted octanol–water partition coefficient (Wildman–Crippen LogP) is 1.93. The molecule has 0 saturated carbocycles. The van der Waals surface area contributed by atoms with Crippen molar-refractivity contribution in [1.29, 1.82) is 0 Å². The van der Waals surface area contributed by atoms with Gasteiger partial charge in [0, 0.05) is 19.0 Å². The molecule has 6 heteroatoms. The standard InChI is InChI=1S/C13H14FN3O2/c1-8(13(18)19)6-17(2)12-9-4-3-5-10(14)11(9)15-7-16-12/h3-5,7-8H,6H2,1-2H3,(H,18,19). The third kappa shape index (κ3) is 2.62. The Labute approximate surface area is 109 Å². The van der Waals surface area contributed by atoms with E-state index in [1.54, 1.807) is 31.0 Å². The first-order valence-corrected chi connectivity index (χ1v) is 5.84. The summed E-state index contributed by atoms with van der Waals surface area (Å²) in [6.45, 7) is 1.90. The fraction of sp³-hybridized carbons (Fsp3) is 0.308. The topological polar surface area (TPSA) is 66.3 Å². The number of rotatable bonds is 4. The summed E-state index contributed by atoms with van der Waals surface area (Å²) in [5.74, 6) is -1.31. The number of carboxylic acid groups (broad SMARTS) is 1. The first-order chi connectivity index (χ1) is 9.00. The summed E-state index contributed by atoms with van der Waals surface area (Å²) in [7, 11) is 1.73. The number of halogens is 1.